The van der Waals surface area contributed by atoms with Gasteiger partial charge in [0.25, 0.3) is 5.91 Å². The number of benzene rings is 1. The molecule has 0 saturated heterocycles. The third-order valence-electron chi connectivity index (χ3n) is 3.85. The molecule has 1 N–H and O–H groups in total. The standard InChI is InChI=1S/C15H21NO3/c1-16(13-5-3-4-6-14(13)17)15(18)11-7-9-12(19-2)10-8-11/h7-10,13-14,17H,3-6H2,1-2H3. The Balaban J connectivity index is 2.08. The summed E-state index contributed by atoms with van der Waals surface area (Å²) in [5.41, 5.74) is 0.626. The van der Waals surface area contributed by atoms with Gasteiger partial charge in [-0.15, -0.1) is 0 Å². The molecule has 2 atom stereocenters. The largest absolute Gasteiger partial charge is 0.497 e. The highest BCUT2D eigenvalue weighted by molar-refractivity contribution is 5.94. The molecular formula is C15H21NO3. The van der Waals surface area contributed by atoms with Gasteiger partial charge in [-0.25, -0.2) is 0 Å². The average Bonchev–Trinajstić information content (AvgIpc) is 2.46. The number of likely N-dealkylation sites (N-methyl/N-ethyl adjacent to an activating group) is 1. The van der Waals surface area contributed by atoms with Crippen LogP contribution in [-0.4, -0.2) is 42.2 Å². The molecule has 4 nitrogen and oxygen atoms in total. The molecule has 1 fully saturated rings. The molecule has 1 saturated carbocycles. The van der Waals surface area contributed by atoms with E-state index in [0.29, 0.717) is 5.56 Å². The van der Waals surface area contributed by atoms with Crippen LogP contribution in [0, 0.1) is 0 Å². The van der Waals surface area contributed by atoms with Crippen molar-refractivity contribution in [2.24, 2.45) is 0 Å². The van der Waals surface area contributed by atoms with Crippen molar-refractivity contribution in [1.82, 2.24) is 4.90 Å². The summed E-state index contributed by atoms with van der Waals surface area (Å²) in [6.07, 6.45) is 3.37. The lowest BCUT2D eigenvalue weighted by Crippen LogP contribution is -2.46. The predicted molar refractivity (Wildman–Crippen MR) is 73.4 cm³/mol. The fourth-order valence-corrected chi connectivity index (χ4v) is 2.63. The van der Waals surface area contributed by atoms with Crippen LogP contribution in [-0.2, 0) is 0 Å². The number of carbonyl (C=O) groups excluding carboxylic acids is 1. The number of hydrogen-bond acceptors (Lipinski definition) is 3. The summed E-state index contributed by atoms with van der Waals surface area (Å²) in [4.78, 5) is 14.0. The SMILES string of the molecule is COc1ccc(C(=O)N(C)C2CCCCC2O)cc1. The molecule has 0 aromatic heterocycles. The van der Waals surface area contributed by atoms with E-state index in [0.717, 1.165) is 31.4 Å². The maximum absolute atomic E-state index is 12.4. The van der Waals surface area contributed by atoms with Gasteiger partial charge in [-0.1, -0.05) is 12.8 Å². The zero-order valence-electron chi connectivity index (χ0n) is 11.5. The van der Waals surface area contributed by atoms with E-state index in [-0.39, 0.29) is 11.9 Å². The van der Waals surface area contributed by atoms with Crippen molar-refractivity contribution >= 4 is 5.91 Å². The van der Waals surface area contributed by atoms with Crippen molar-refractivity contribution in [3.8, 4) is 5.75 Å². The number of amides is 1. The van der Waals surface area contributed by atoms with Crippen molar-refractivity contribution in [1.29, 1.82) is 0 Å². The quantitative estimate of drug-likeness (QED) is 0.908. The topological polar surface area (TPSA) is 49.8 Å². The minimum Gasteiger partial charge on any atom is -0.497 e. The third-order valence-corrected chi connectivity index (χ3v) is 3.85. The maximum atomic E-state index is 12.4. The Morgan fingerprint density at radius 1 is 1.26 bits per heavy atom. The lowest BCUT2D eigenvalue weighted by atomic mass is 9.91. The molecule has 0 radical (unpaired) electrons. The maximum Gasteiger partial charge on any atom is 0.253 e. The third kappa shape index (κ3) is 3.07. The van der Waals surface area contributed by atoms with E-state index in [4.69, 9.17) is 4.74 Å². The molecule has 1 amide bonds. The molecule has 19 heavy (non-hydrogen) atoms. The van der Waals surface area contributed by atoms with Crippen LogP contribution in [0.3, 0.4) is 0 Å². The second-order valence-electron chi connectivity index (χ2n) is 5.06. The summed E-state index contributed by atoms with van der Waals surface area (Å²) in [7, 11) is 3.37. The Hall–Kier alpha value is -1.55. The number of methoxy groups -OCH3 is 1. The highest BCUT2D eigenvalue weighted by Gasteiger charge is 2.29. The number of aliphatic hydroxyl groups is 1. The molecule has 2 rings (SSSR count). The molecule has 0 heterocycles. The minimum atomic E-state index is -0.402. The highest BCUT2D eigenvalue weighted by atomic mass is 16.5. The number of ether oxygens (including phenoxy) is 1. The van der Waals surface area contributed by atoms with Gasteiger partial charge >= 0.3 is 0 Å². The van der Waals surface area contributed by atoms with Gasteiger partial charge in [-0.3, -0.25) is 4.79 Å². The van der Waals surface area contributed by atoms with Gasteiger partial charge < -0.3 is 14.7 Å². The lowest BCUT2D eigenvalue weighted by Gasteiger charge is -2.35. The first-order valence-corrected chi connectivity index (χ1v) is 6.72. The molecule has 104 valence electrons. The van der Waals surface area contributed by atoms with Gasteiger partial charge in [0.15, 0.2) is 0 Å². The first-order valence-electron chi connectivity index (χ1n) is 6.72. The second kappa shape index (κ2) is 6.06. The Bertz CT molecular complexity index is 430. The number of nitrogens with zero attached hydrogens (tertiary/aromatic N) is 1. The molecule has 1 aliphatic carbocycles. The zero-order valence-corrected chi connectivity index (χ0v) is 11.5. The summed E-state index contributed by atoms with van der Waals surface area (Å²) >= 11 is 0. The Labute approximate surface area is 114 Å². The van der Waals surface area contributed by atoms with Gasteiger partial charge in [0.2, 0.25) is 0 Å². The van der Waals surface area contributed by atoms with E-state index in [9.17, 15) is 9.90 Å². The monoisotopic (exact) mass is 263 g/mol. The van der Waals surface area contributed by atoms with E-state index >= 15 is 0 Å². The molecule has 0 spiro atoms. The van der Waals surface area contributed by atoms with Gasteiger partial charge in [0.1, 0.15) is 5.75 Å². The zero-order chi connectivity index (χ0) is 13.8. The van der Waals surface area contributed by atoms with Crippen LogP contribution in [0.5, 0.6) is 5.75 Å². The number of hydrogen-bond donors (Lipinski definition) is 1. The molecule has 2 unspecified atom stereocenters. The van der Waals surface area contributed by atoms with Crippen molar-refractivity contribution in [3.63, 3.8) is 0 Å². The number of carbonyl (C=O) groups is 1. The van der Waals surface area contributed by atoms with Gasteiger partial charge in [0.05, 0.1) is 19.3 Å². The number of rotatable bonds is 3. The fourth-order valence-electron chi connectivity index (χ4n) is 2.63. The van der Waals surface area contributed by atoms with Crippen LogP contribution in [0.25, 0.3) is 0 Å². The van der Waals surface area contributed by atoms with Gasteiger partial charge in [0, 0.05) is 12.6 Å². The van der Waals surface area contributed by atoms with Crippen LogP contribution in [0.1, 0.15) is 36.0 Å². The Morgan fingerprint density at radius 3 is 2.47 bits per heavy atom. The number of aliphatic hydroxyl groups excluding tert-OH is 1. The van der Waals surface area contributed by atoms with Crippen LogP contribution in [0.4, 0.5) is 0 Å². The molecular weight excluding hydrogens is 242 g/mol. The average molecular weight is 263 g/mol. The molecule has 1 aromatic rings. The smallest absolute Gasteiger partial charge is 0.253 e. The van der Waals surface area contributed by atoms with Gasteiger partial charge in [-0.05, 0) is 37.1 Å². The molecule has 1 aromatic carbocycles. The predicted octanol–water partition coefficient (Wildman–Crippen LogP) is 2.07. The summed E-state index contributed by atoms with van der Waals surface area (Å²) < 4.78 is 5.08. The van der Waals surface area contributed by atoms with E-state index < -0.39 is 6.10 Å². The first-order chi connectivity index (χ1) is 9.13. The second-order valence-corrected chi connectivity index (χ2v) is 5.06. The van der Waals surface area contributed by atoms with E-state index in [1.54, 1.807) is 43.3 Å². The van der Waals surface area contributed by atoms with Crippen molar-refractivity contribution in [3.05, 3.63) is 29.8 Å². The first kappa shape index (κ1) is 13.9. The Kier molecular flexibility index (Phi) is 4.43. The van der Waals surface area contributed by atoms with Crippen molar-refractivity contribution in [2.45, 2.75) is 37.8 Å². The van der Waals surface area contributed by atoms with E-state index in [1.165, 1.54) is 0 Å². The summed E-state index contributed by atoms with van der Waals surface area (Å²) in [6, 6.07) is 7.00. The molecule has 0 bridgehead atoms. The highest BCUT2D eigenvalue weighted by Crippen LogP contribution is 2.24. The molecule has 4 heteroatoms. The van der Waals surface area contributed by atoms with Crippen LogP contribution >= 0.6 is 0 Å². The summed E-state index contributed by atoms with van der Waals surface area (Å²) in [6.45, 7) is 0. The Morgan fingerprint density at radius 2 is 1.89 bits per heavy atom. The summed E-state index contributed by atoms with van der Waals surface area (Å²) in [5, 5.41) is 10.0. The summed E-state index contributed by atoms with van der Waals surface area (Å²) in [5.74, 6) is 0.686. The van der Waals surface area contributed by atoms with E-state index in [2.05, 4.69) is 0 Å². The molecule has 0 aliphatic heterocycles. The van der Waals surface area contributed by atoms with Crippen molar-refractivity contribution in [2.75, 3.05) is 14.2 Å². The van der Waals surface area contributed by atoms with E-state index in [1.807, 2.05) is 0 Å². The van der Waals surface area contributed by atoms with Crippen LogP contribution < -0.4 is 4.74 Å². The minimum absolute atomic E-state index is 0.0476. The van der Waals surface area contributed by atoms with Crippen LogP contribution in [0.15, 0.2) is 24.3 Å². The normalized spacial score (nSPS) is 22.9. The van der Waals surface area contributed by atoms with Crippen LogP contribution in [0.2, 0.25) is 0 Å². The molecule has 1 aliphatic rings. The fraction of sp³-hybridized carbons (Fsp3) is 0.533. The lowest BCUT2D eigenvalue weighted by molar-refractivity contribution is 0.0268. The van der Waals surface area contributed by atoms with Crippen molar-refractivity contribution < 1.29 is 14.6 Å². The van der Waals surface area contributed by atoms with Gasteiger partial charge in [-0.2, -0.15) is 0 Å².